The van der Waals surface area contributed by atoms with E-state index in [0.29, 0.717) is 17.1 Å². The maximum Gasteiger partial charge on any atom is 0.256 e. The lowest BCUT2D eigenvalue weighted by Crippen LogP contribution is -2.13. The number of aryl methyl sites for hydroxylation is 1. The molecule has 5 heteroatoms. The molecule has 0 aliphatic carbocycles. The molecule has 1 N–H and O–H groups in total. The molecule has 104 valence electrons. The lowest BCUT2D eigenvalue weighted by Gasteiger charge is -2.07. The average molecular weight is 279 g/mol. The summed E-state index contributed by atoms with van der Waals surface area (Å²) in [5.41, 5.74) is 2.35. The lowest BCUT2D eigenvalue weighted by molar-refractivity contribution is 0.102. The van der Waals surface area contributed by atoms with Crippen molar-refractivity contribution in [3.63, 3.8) is 0 Å². The molecule has 0 aliphatic heterocycles. The van der Waals surface area contributed by atoms with Crippen LogP contribution in [-0.4, -0.2) is 15.9 Å². The topological polar surface area (TPSA) is 68.0 Å². The van der Waals surface area contributed by atoms with Gasteiger partial charge in [-0.2, -0.15) is 0 Å². The fourth-order valence-electron chi connectivity index (χ4n) is 1.94. The Labute approximate surface area is 121 Å². The van der Waals surface area contributed by atoms with Crippen LogP contribution < -0.4 is 5.32 Å². The van der Waals surface area contributed by atoms with Crippen LogP contribution in [-0.2, 0) is 0 Å². The van der Waals surface area contributed by atoms with Crippen molar-refractivity contribution < 1.29 is 9.21 Å². The molecule has 21 heavy (non-hydrogen) atoms. The van der Waals surface area contributed by atoms with Crippen LogP contribution in [0.1, 0.15) is 15.9 Å². The average Bonchev–Trinajstić information content (AvgIpc) is 3.04. The van der Waals surface area contributed by atoms with Gasteiger partial charge in [0.25, 0.3) is 5.91 Å². The number of amides is 1. The number of nitrogens with one attached hydrogen (secondary N) is 1. The summed E-state index contributed by atoms with van der Waals surface area (Å²) in [6.07, 6.45) is 4.65. The zero-order chi connectivity index (χ0) is 14.7. The van der Waals surface area contributed by atoms with Crippen LogP contribution >= 0.6 is 0 Å². The first-order valence-electron chi connectivity index (χ1n) is 6.46. The van der Waals surface area contributed by atoms with Crippen molar-refractivity contribution in [2.24, 2.45) is 0 Å². The summed E-state index contributed by atoms with van der Waals surface area (Å²) in [6.45, 7) is 1.90. The monoisotopic (exact) mass is 279 g/mol. The molecule has 3 aromatic rings. The van der Waals surface area contributed by atoms with Gasteiger partial charge in [0.15, 0.2) is 12.2 Å². The van der Waals surface area contributed by atoms with Crippen LogP contribution in [0.4, 0.5) is 5.82 Å². The van der Waals surface area contributed by atoms with E-state index < -0.39 is 0 Å². The minimum Gasteiger partial charge on any atom is -0.444 e. The van der Waals surface area contributed by atoms with E-state index in [1.165, 1.54) is 6.39 Å². The molecule has 0 bridgehead atoms. The summed E-state index contributed by atoms with van der Waals surface area (Å²) in [4.78, 5) is 20.2. The SMILES string of the molecule is Cc1cccnc1NC(=O)c1ccc(-c2cnco2)cc1. The Morgan fingerprint density at radius 3 is 2.67 bits per heavy atom. The quantitative estimate of drug-likeness (QED) is 0.798. The molecular weight excluding hydrogens is 266 g/mol. The van der Waals surface area contributed by atoms with E-state index in [1.54, 1.807) is 24.5 Å². The van der Waals surface area contributed by atoms with Gasteiger partial charge in [0.1, 0.15) is 5.82 Å². The number of pyridine rings is 1. The molecule has 0 saturated heterocycles. The van der Waals surface area contributed by atoms with E-state index in [2.05, 4.69) is 15.3 Å². The Morgan fingerprint density at radius 2 is 2.00 bits per heavy atom. The molecule has 2 aromatic heterocycles. The van der Waals surface area contributed by atoms with E-state index in [0.717, 1.165) is 11.1 Å². The molecular formula is C16H13N3O2. The van der Waals surface area contributed by atoms with Gasteiger partial charge in [-0.25, -0.2) is 9.97 Å². The van der Waals surface area contributed by atoms with E-state index in [-0.39, 0.29) is 5.91 Å². The number of carbonyl (C=O) groups excluding carboxylic acids is 1. The second-order valence-electron chi connectivity index (χ2n) is 4.57. The second kappa shape index (κ2) is 5.58. The Bertz CT molecular complexity index is 749. The molecule has 0 unspecified atom stereocenters. The summed E-state index contributed by atoms with van der Waals surface area (Å²) < 4.78 is 5.21. The minimum atomic E-state index is -0.194. The number of nitrogens with zero attached hydrogens (tertiary/aromatic N) is 2. The molecule has 3 rings (SSSR count). The Morgan fingerprint density at radius 1 is 1.19 bits per heavy atom. The maximum absolute atomic E-state index is 12.2. The number of anilines is 1. The first-order chi connectivity index (χ1) is 10.2. The van der Waals surface area contributed by atoms with Crippen molar-refractivity contribution in [2.45, 2.75) is 6.92 Å². The van der Waals surface area contributed by atoms with Crippen molar-refractivity contribution in [1.82, 2.24) is 9.97 Å². The summed E-state index contributed by atoms with van der Waals surface area (Å²) in [7, 11) is 0. The number of hydrogen-bond donors (Lipinski definition) is 1. The second-order valence-corrected chi connectivity index (χ2v) is 4.57. The number of oxazole rings is 1. The van der Waals surface area contributed by atoms with Gasteiger partial charge in [0, 0.05) is 17.3 Å². The van der Waals surface area contributed by atoms with Crippen LogP contribution in [0, 0.1) is 6.92 Å². The lowest BCUT2D eigenvalue weighted by atomic mass is 10.1. The summed E-state index contributed by atoms with van der Waals surface area (Å²) in [5, 5.41) is 2.79. The third kappa shape index (κ3) is 2.81. The van der Waals surface area contributed by atoms with Crippen LogP contribution in [0.5, 0.6) is 0 Å². The van der Waals surface area contributed by atoms with Gasteiger partial charge in [-0.3, -0.25) is 4.79 Å². The Kier molecular flexibility index (Phi) is 3.47. The minimum absolute atomic E-state index is 0.194. The number of aromatic nitrogens is 2. The number of carbonyl (C=O) groups is 1. The van der Waals surface area contributed by atoms with E-state index >= 15 is 0 Å². The molecule has 0 radical (unpaired) electrons. The van der Waals surface area contributed by atoms with E-state index in [1.807, 2.05) is 31.2 Å². The Balaban J connectivity index is 1.78. The zero-order valence-electron chi connectivity index (χ0n) is 11.4. The van der Waals surface area contributed by atoms with Gasteiger partial charge in [0.2, 0.25) is 0 Å². The van der Waals surface area contributed by atoms with Crippen molar-refractivity contribution in [1.29, 1.82) is 0 Å². The molecule has 1 aromatic carbocycles. The smallest absolute Gasteiger partial charge is 0.256 e. The molecule has 1 amide bonds. The largest absolute Gasteiger partial charge is 0.444 e. The molecule has 0 fully saturated rings. The van der Waals surface area contributed by atoms with Crippen molar-refractivity contribution >= 4 is 11.7 Å². The van der Waals surface area contributed by atoms with Crippen LogP contribution in [0.25, 0.3) is 11.3 Å². The number of benzene rings is 1. The number of hydrogen-bond acceptors (Lipinski definition) is 4. The summed E-state index contributed by atoms with van der Waals surface area (Å²) in [5.74, 6) is 1.05. The third-order valence-electron chi connectivity index (χ3n) is 3.11. The maximum atomic E-state index is 12.2. The number of rotatable bonds is 3. The van der Waals surface area contributed by atoms with Gasteiger partial charge in [-0.15, -0.1) is 0 Å². The van der Waals surface area contributed by atoms with E-state index in [9.17, 15) is 4.79 Å². The summed E-state index contributed by atoms with van der Waals surface area (Å²) >= 11 is 0. The zero-order valence-corrected chi connectivity index (χ0v) is 11.4. The normalized spacial score (nSPS) is 10.3. The van der Waals surface area contributed by atoms with E-state index in [4.69, 9.17) is 4.42 Å². The highest BCUT2D eigenvalue weighted by atomic mass is 16.3. The highest BCUT2D eigenvalue weighted by Crippen LogP contribution is 2.19. The standard InChI is InChI=1S/C16H13N3O2/c1-11-3-2-8-18-15(11)19-16(20)13-6-4-12(5-7-13)14-9-17-10-21-14/h2-10H,1H3,(H,18,19,20). The first-order valence-corrected chi connectivity index (χ1v) is 6.46. The van der Waals surface area contributed by atoms with Gasteiger partial charge >= 0.3 is 0 Å². The van der Waals surface area contributed by atoms with Gasteiger partial charge < -0.3 is 9.73 Å². The molecule has 0 aliphatic rings. The van der Waals surface area contributed by atoms with Crippen LogP contribution in [0.3, 0.4) is 0 Å². The third-order valence-corrected chi connectivity index (χ3v) is 3.11. The van der Waals surface area contributed by atoms with Crippen molar-refractivity contribution in [3.05, 3.63) is 66.3 Å². The highest BCUT2D eigenvalue weighted by Gasteiger charge is 2.09. The van der Waals surface area contributed by atoms with Crippen molar-refractivity contribution in [3.8, 4) is 11.3 Å². The molecule has 0 spiro atoms. The fourth-order valence-corrected chi connectivity index (χ4v) is 1.94. The Hall–Kier alpha value is -2.95. The highest BCUT2D eigenvalue weighted by molar-refractivity contribution is 6.04. The summed E-state index contributed by atoms with van der Waals surface area (Å²) in [6, 6.07) is 10.9. The predicted molar refractivity (Wildman–Crippen MR) is 78.9 cm³/mol. The van der Waals surface area contributed by atoms with Gasteiger partial charge in [-0.1, -0.05) is 18.2 Å². The molecule has 5 nitrogen and oxygen atoms in total. The van der Waals surface area contributed by atoms with Crippen LogP contribution in [0.15, 0.2) is 59.6 Å². The molecule has 0 saturated carbocycles. The predicted octanol–water partition coefficient (Wildman–Crippen LogP) is 3.30. The molecule has 2 heterocycles. The van der Waals surface area contributed by atoms with Crippen molar-refractivity contribution in [2.75, 3.05) is 5.32 Å². The van der Waals surface area contributed by atoms with Crippen LogP contribution in [0.2, 0.25) is 0 Å². The molecule has 0 atom stereocenters. The van der Waals surface area contributed by atoms with Gasteiger partial charge in [-0.05, 0) is 30.7 Å². The first kappa shape index (κ1) is 13.1. The fraction of sp³-hybridized carbons (Fsp3) is 0.0625. The van der Waals surface area contributed by atoms with Gasteiger partial charge in [0.05, 0.1) is 6.20 Å².